The van der Waals surface area contributed by atoms with Gasteiger partial charge in [-0.2, -0.15) is 10.1 Å². The van der Waals surface area contributed by atoms with Gasteiger partial charge in [0.2, 0.25) is 5.95 Å². The highest BCUT2D eigenvalue weighted by molar-refractivity contribution is 6.06. The number of benzene rings is 2. The van der Waals surface area contributed by atoms with Crippen molar-refractivity contribution in [1.82, 2.24) is 14.8 Å². The molecule has 1 aliphatic heterocycles. The molecule has 0 unspecified atom stereocenters. The van der Waals surface area contributed by atoms with Crippen LogP contribution >= 0.6 is 0 Å². The second-order valence-corrected chi connectivity index (χ2v) is 6.68. The highest BCUT2D eigenvalue weighted by Crippen LogP contribution is 2.36. The molecule has 30 heavy (non-hydrogen) atoms. The number of rotatable bonds is 5. The van der Waals surface area contributed by atoms with E-state index in [2.05, 4.69) is 20.7 Å². The highest BCUT2D eigenvalue weighted by Gasteiger charge is 2.33. The number of fused-ring (bicyclic) bond motifs is 1. The third kappa shape index (κ3) is 3.37. The van der Waals surface area contributed by atoms with Gasteiger partial charge in [-0.1, -0.05) is 24.3 Å². The zero-order chi connectivity index (χ0) is 21.3. The van der Waals surface area contributed by atoms with Crippen molar-refractivity contribution in [2.75, 3.05) is 17.7 Å². The smallest absolute Gasteiger partial charge is 0.335 e. The fourth-order valence-electron chi connectivity index (χ4n) is 3.44. The molecule has 0 aliphatic carbocycles. The quantitative estimate of drug-likeness (QED) is 0.597. The zero-order valence-corrected chi connectivity index (χ0v) is 16.3. The van der Waals surface area contributed by atoms with Gasteiger partial charge in [0.1, 0.15) is 18.1 Å². The number of carbonyl (C=O) groups excluding carboxylic acids is 1. The Hall–Kier alpha value is -4.14. The normalized spacial score (nSPS) is 15.2. The van der Waals surface area contributed by atoms with E-state index < -0.39 is 12.0 Å². The molecule has 0 spiro atoms. The van der Waals surface area contributed by atoms with Crippen LogP contribution in [0.3, 0.4) is 0 Å². The fraction of sp³-hybridized carbons (Fsp3) is 0.143. The van der Waals surface area contributed by atoms with Crippen LogP contribution < -0.4 is 15.4 Å². The first-order chi connectivity index (χ1) is 14.5. The molecule has 9 heteroatoms. The van der Waals surface area contributed by atoms with Gasteiger partial charge < -0.3 is 20.5 Å². The zero-order valence-electron chi connectivity index (χ0n) is 16.3. The Morgan fingerprint density at radius 1 is 1.17 bits per heavy atom. The number of hydrogen-bond donors (Lipinski definition) is 3. The van der Waals surface area contributed by atoms with Crippen LogP contribution in [0.4, 0.5) is 11.6 Å². The summed E-state index contributed by atoms with van der Waals surface area (Å²) < 4.78 is 6.92. The van der Waals surface area contributed by atoms with Crippen molar-refractivity contribution in [1.29, 1.82) is 0 Å². The van der Waals surface area contributed by atoms with E-state index in [1.54, 1.807) is 41.9 Å². The number of carboxylic acid groups (broad SMARTS) is 1. The minimum atomic E-state index is -1.02. The maximum atomic E-state index is 13.3. The molecule has 1 atom stereocenters. The molecule has 1 aromatic heterocycles. The van der Waals surface area contributed by atoms with Crippen molar-refractivity contribution in [2.24, 2.45) is 0 Å². The number of nitrogens with zero attached hydrogens (tertiary/aromatic N) is 3. The third-order valence-corrected chi connectivity index (χ3v) is 4.87. The molecule has 1 aliphatic rings. The van der Waals surface area contributed by atoms with Crippen LogP contribution in [-0.2, 0) is 4.79 Å². The van der Waals surface area contributed by atoms with Gasteiger partial charge in [0.15, 0.2) is 0 Å². The van der Waals surface area contributed by atoms with Gasteiger partial charge in [-0.05, 0) is 36.8 Å². The molecule has 0 saturated heterocycles. The van der Waals surface area contributed by atoms with E-state index in [9.17, 15) is 14.7 Å². The van der Waals surface area contributed by atoms with Crippen LogP contribution in [0, 0.1) is 0 Å². The van der Waals surface area contributed by atoms with E-state index >= 15 is 0 Å². The average Bonchev–Trinajstić information content (AvgIpc) is 3.21. The molecule has 152 valence electrons. The molecule has 2 heterocycles. The number of ether oxygens (including phenoxy) is 1. The fourth-order valence-corrected chi connectivity index (χ4v) is 3.44. The lowest BCUT2D eigenvalue weighted by molar-refractivity contribution is -0.113. The second kappa shape index (κ2) is 7.70. The van der Waals surface area contributed by atoms with Crippen LogP contribution in [-0.4, -0.2) is 38.9 Å². The van der Waals surface area contributed by atoms with Crippen molar-refractivity contribution >= 4 is 23.5 Å². The number of hydrogen-bond acceptors (Lipinski definition) is 6. The van der Waals surface area contributed by atoms with Crippen molar-refractivity contribution in [3.8, 4) is 5.75 Å². The first kappa shape index (κ1) is 19.2. The van der Waals surface area contributed by atoms with E-state index in [1.807, 2.05) is 6.07 Å². The summed E-state index contributed by atoms with van der Waals surface area (Å²) in [5, 5.41) is 19.4. The topological polar surface area (TPSA) is 118 Å². The van der Waals surface area contributed by atoms with Gasteiger partial charge in [0, 0.05) is 5.70 Å². The molecule has 2 aromatic carbocycles. The number of para-hydroxylation sites is 2. The maximum absolute atomic E-state index is 13.3. The van der Waals surface area contributed by atoms with Crippen LogP contribution in [0.5, 0.6) is 5.75 Å². The molecule has 0 fully saturated rings. The number of aromatic nitrogens is 3. The monoisotopic (exact) mass is 405 g/mol. The van der Waals surface area contributed by atoms with E-state index in [4.69, 9.17) is 4.74 Å². The van der Waals surface area contributed by atoms with Crippen molar-refractivity contribution < 1.29 is 19.4 Å². The first-order valence-corrected chi connectivity index (χ1v) is 9.14. The van der Waals surface area contributed by atoms with Gasteiger partial charge in [-0.15, -0.1) is 0 Å². The van der Waals surface area contributed by atoms with Gasteiger partial charge in [0.05, 0.1) is 23.9 Å². The molecule has 0 bridgehead atoms. The summed E-state index contributed by atoms with van der Waals surface area (Å²) in [6.07, 6.45) is 1.40. The van der Waals surface area contributed by atoms with Gasteiger partial charge >= 0.3 is 5.97 Å². The van der Waals surface area contributed by atoms with Crippen molar-refractivity contribution in [2.45, 2.75) is 13.0 Å². The Morgan fingerprint density at radius 2 is 1.90 bits per heavy atom. The van der Waals surface area contributed by atoms with Gasteiger partial charge in [-0.25, -0.2) is 9.48 Å². The van der Waals surface area contributed by atoms with Crippen molar-refractivity contribution in [3.63, 3.8) is 0 Å². The van der Waals surface area contributed by atoms with Crippen LogP contribution in [0.15, 0.2) is 66.1 Å². The molecule has 3 N–H and O–H groups in total. The number of anilines is 2. The number of allylic oxidation sites excluding steroid dienone is 1. The third-order valence-electron chi connectivity index (χ3n) is 4.87. The van der Waals surface area contributed by atoms with Gasteiger partial charge in [-0.3, -0.25) is 4.79 Å². The Labute approximate surface area is 172 Å². The van der Waals surface area contributed by atoms with E-state index in [-0.39, 0.29) is 11.5 Å². The van der Waals surface area contributed by atoms with Crippen LogP contribution in [0.25, 0.3) is 0 Å². The standard InChI is InChI=1S/C21H19N5O4/c1-12-17(19(27)25-15-5-3-4-6-16(15)30-2)18(26-21(24-12)22-11-23-26)13-7-9-14(10-8-13)20(28)29/h3-11,18H,1-2H3,(H,25,27)(H,28,29)(H,22,23,24)/t18-/m1/s1. The Balaban J connectivity index is 1.75. The lowest BCUT2D eigenvalue weighted by Crippen LogP contribution is -2.31. The number of methoxy groups -OCH3 is 1. The molecule has 3 aromatic rings. The maximum Gasteiger partial charge on any atom is 0.335 e. The predicted molar refractivity (Wildman–Crippen MR) is 110 cm³/mol. The van der Waals surface area contributed by atoms with Crippen LogP contribution in [0.1, 0.15) is 28.9 Å². The summed E-state index contributed by atoms with van der Waals surface area (Å²) in [6, 6.07) is 12.9. The Kier molecular flexibility index (Phi) is 4.93. The summed E-state index contributed by atoms with van der Waals surface area (Å²) in [7, 11) is 1.53. The van der Waals surface area contributed by atoms with E-state index in [1.165, 1.54) is 25.6 Å². The van der Waals surface area contributed by atoms with Gasteiger partial charge in [0.25, 0.3) is 5.91 Å². The number of nitrogens with one attached hydrogen (secondary N) is 2. The number of carboxylic acids is 1. The minimum Gasteiger partial charge on any atom is -0.495 e. The number of carbonyl (C=O) groups is 2. The average molecular weight is 405 g/mol. The number of aromatic carboxylic acids is 1. The van der Waals surface area contributed by atoms with Crippen molar-refractivity contribution in [3.05, 3.63) is 77.3 Å². The largest absolute Gasteiger partial charge is 0.495 e. The highest BCUT2D eigenvalue weighted by atomic mass is 16.5. The van der Waals surface area contributed by atoms with E-state index in [0.29, 0.717) is 34.2 Å². The number of amides is 1. The van der Waals surface area contributed by atoms with Crippen LogP contribution in [0.2, 0.25) is 0 Å². The van der Waals surface area contributed by atoms with E-state index in [0.717, 1.165) is 0 Å². The molecule has 0 saturated carbocycles. The summed E-state index contributed by atoms with van der Waals surface area (Å²) in [4.78, 5) is 28.7. The molecule has 0 radical (unpaired) electrons. The molecular formula is C21H19N5O4. The predicted octanol–water partition coefficient (Wildman–Crippen LogP) is 2.91. The lowest BCUT2D eigenvalue weighted by Gasteiger charge is -2.29. The molecule has 1 amide bonds. The summed E-state index contributed by atoms with van der Waals surface area (Å²) >= 11 is 0. The summed E-state index contributed by atoms with van der Waals surface area (Å²) in [6.45, 7) is 1.79. The summed E-state index contributed by atoms with van der Waals surface area (Å²) in [5.41, 5.74) is 2.46. The molecule has 4 rings (SSSR count). The second-order valence-electron chi connectivity index (χ2n) is 6.68. The molecular weight excluding hydrogens is 386 g/mol. The lowest BCUT2D eigenvalue weighted by atomic mass is 9.94. The molecule has 9 nitrogen and oxygen atoms in total. The first-order valence-electron chi connectivity index (χ1n) is 9.14. The Morgan fingerprint density at radius 3 is 2.60 bits per heavy atom. The summed E-state index contributed by atoms with van der Waals surface area (Å²) in [5.74, 6) is -0.322. The Bertz CT molecular complexity index is 1150. The minimum absolute atomic E-state index is 0.159. The SMILES string of the molecule is COc1ccccc1NC(=O)C1=C(C)Nc2ncnn2[C@@H]1c1ccc(C(=O)O)cc1.